The molecule has 0 saturated carbocycles. The van der Waals surface area contributed by atoms with Gasteiger partial charge in [0.2, 0.25) is 0 Å². The molecule has 4 heterocycles. The van der Waals surface area contributed by atoms with E-state index in [0.717, 1.165) is 33.4 Å². The summed E-state index contributed by atoms with van der Waals surface area (Å²) in [6.07, 6.45) is 0. The van der Waals surface area contributed by atoms with Crippen LogP contribution in [0.5, 0.6) is 0 Å². The first-order valence-electron chi connectivity index (χ1n) is 18.3. The first-order valence-corrected chi connectivity index (χ1v) is 20.7. The Balaban J connectivity index is 1.11. The van der Waals surface area contributed by atoms with Gasteiger partial charge in [-0.25, -0.2) is 15.0 Å². The van der Waals surface area contributed by atoms with Gasteiger partial charge in [-0.3, -0.25) is 0 Å². The molecule has 0 fully saturated rings. The van der Waals surface area contributed by atoms with E-state index >= 15 is 0 Å². The average Bonchev–Trinajstić information content (AvgIpc) is 3.77. The van der Waals surface area contributed by atoms with Crippen molar-refractivity contribution in [3.63, 3.8) is 0 Å². The van der Waals surface area contributed by atoms with Crippen LogP contribution in [0.1, 0.15) is 0 Å². The van der Waals surface area contributed by atoms with Crippen LogP contribution in [0.4, 0.5) is 0 Å². The lowest BCUT2D eigenvalue weighted by Gasteiger charge is -2.11. The van der Waals surface area contributed by atoms with E-state index in [4.69, 9.17) is 15.0 Å². The first kappa shape index (κ1) is 31.1. The summed E-state index contributed by atoms with van der Waals surface area (Å²) in [5, 5.41) is 8.06. The van der Waals surface area contributed by atoms with Crippen LogP contribution in [0.2, 0.25) is 0 Å². The zero-order valence-corrected chi connectivity index (χ0v) is 31.6. The number of nitrogens with zero attached hydrogens (tertiary/aromatic N) is 3. The molecule has 0 aliphatic carbocycles. The second-order valence-corrected chi connectivity index (χ2v) is 17.2. The van der Waals surface area contributed by atoms with Crippen LogP contribution in [0.15, 0.2) is 164 Å². The Kier molecular flexibility index (Phi) is 6.84. The minimum absolute atomic E-state index is 0.652. The zero-order valence-electron chi connectivity index (χ0n) is 29.2. The van der Waals surface area contributed by atoms with E-state index in [9.17, 15) is 0 Å². The van der Waals surface area contributed by atoms with Crippen molar-refractivity contribution in [2.75, 3.05) is 0 Å². The molecule has 3 nitrogen and oxygen atoms in total. The van der Waals surface area contributed by atoms with Gasteiger partial charge < -0.3 is 0 Å². The summed E-state index contributed by atoms with van der Waals surface area (Å²) in [6.45, 7) is 0. The molecule has 0 saturated heterocycles. The lowest BCUT2D eigenvalue weighted by molar-refractivity contribution is 1.08. The van der Waals surface area contributed by atoms with Gasteiger partial charge in [0.05, 0.1) is 0 Å². The van der Waals surface area contributed by atoms with Crippen molar-refractivity contribution in [1.82, 2.24) is 15.0 Å². The summed E-state index contributed by atoms with van der Waals surface area (Å²) in [7, 11) is 0. The monoisotopic (exact) mass is 753 g/mol. The molecular weight excluding hydrogens is 727 g/mol. The number of hydrogen-bond acceptors (Lipinski definition) is 6. The molecule has 55 heavy (non-hydrogen) atoms. The van der Waals surface area contributed by atoms with Crippen molar-refractivity contribution in [1.29, 1.82) is 0 Å². The lowest BCUT2D eigenvalue weighted by Crippen LogP contribution is -2.00. The molecule has 0 aliphatic rings. The van der Waals surface area contributed by atoms with Crippen LogP contribution < -0.4 is 0 Å². The summed E-state index contributed by atoms with van der Waals surface area (Å²) in [6, 6.07) is 58.5. The molecule has 0 amide bonds. The molecule has 8 aromatic carbocycles. The lowest BCUT2D eigenvalue weighted by atomic mass is 10.0. The summed E-state index contributed by atoms with van der Waals surface area (Å²) < 4.78 is 7.83. The second kappa shape index (κ2) is 12.1. The summed E-state index contributed by atoms with van der Waals surface area (Å²) in [5.74, 6) is 1.97. The van der Waals surface area contributed by atoms with Crippen molar-refractivity contribution in [2.24, 2.45) is 0 Å². The molecule has 256 valence electrons. The van der Waals surface area contributed by atoms with E-state index in [-0.39, 0.29) is 0 Å². The maximum atomic E-state index is 5.26. The Bertz CT molecular complexity index is 3410. The molecule has 0 N–H and O–H groups in total. The summed E-state index contributed by atoms with van der Waals surface area (Å²) >= 11 is 5.67. The Morgan fingerprint density at radius 2 is 0.800 bits per heavy atom. The second-order valence-electron chi connectivity index (χ2n) is 14.0. The van der Waals surface area contributed by atoms with Gasteiger partial charge in [0.15, 0.2) is 17.5 Å². The fourth-order valence-electron chi connectivity index (χ4n) is 8.09. The van der Waals surface area contributed by atoms with Crippen LogP contribution in [0.3, 0.4) is 0 Å². The van der Waals surface area contributed by atoms with E-state index in [1.54, 1.807) is 0 Å². The number of aromatic nitrogens is 3. The highest BCUT2D eigenvalue weighted by Crippen LogP contribution is 2.52. The summed E-state index contributed by atoms with van der Waals surface area (Å²) in [4.78, 5) is 15.7. The molecule has 0 spiro atoms. The Morgan fingerprint density at radius 3 is 1.53 bits per heavy atom. The van der Waals surface area contributed by atoms with Crippen molar-refractivity contribution < 1.29 is 0 Å². The van der Waals surface area contributed by atoms with Gasteiger partial charge in [-0.05, 0) is 69.4 Å². The zero-order chi connectivity index (χ0) is 36.0. The van der Waals surface area contributed by atoms with Crippen LogP contribution in [-0.4, -0.2) is 15.0 Å². The Hall–Kier alpha value is -6.31. The number of rotatable bonds is 5. The predicted molar refractivity (Wildman–Crippen MR) is 237 cm³/mol. The highest BCUT2D eigenvalue weighted by molar-refractivity contribution is 7.32. The minimum atomic E-state index is 0.652. The molecule has 0 unspecified atom stereocenters. The number of hydrogen-bond donors (Lipinski definition) is 0. The number of fused-ring (bicyclic) bond motifs is 2. The van der Waals surface area contributed by atoms with E-state index < -0.39 is 0 Å². The molecule has 6 heteroatoms. The molecule has 0 radical (unpaired) electrons. The SMILES string of the molecule is c1ccc(-c2ccc(-c3nc(-c4cccc(-c5ccccc5)c4)nc(-c4cc5sc6ccc7sc8cc9ccccc9c9sc(c4)c5c6c7c89)n3)cc2)cc1. The van der Waals surface area contributed by atoms with Gasteiger partial charge in [0, 0.05) is 66.4 Å². The van der Waals surface area contributed by atoms with Gasteiger partial charge in [0.1, 0.15) is 0 Å². The molecule has 4 aromatic heterocycles. The number of benzene rings is 8. The molecule has 12 rings (SSSR count). The van der Waals surface area contributed by atoms with Crippen molar-refractivity contribution in [3.8, 4) is 56.4 Å². The topological polar surface area (TPSA) is 38.7 Å². The maximum absolute atomic E-state index is 5.26. The quantitative estimate of drug-likeness (QED) is 0.176. The van der Waals surface area contributed by atoms with Crippen LogP contribution in [0.25, 0.3) is 117 Å². The molecule has 12 aromatic rings. The maximum Gasteiger partial charge on any atom is 0.164 e. The third kappa shape index (κ3) is 4.96. The fourth-order valence-corrected chi connectivity index (χ4v) is 11.9. The van der Waals surface area contributed by atoms with Gasteiger partial charge in [-0.2, -0.15) is 0 Å². The molecule has 0 atom stereocenters. The van der Waals surface area contributed by atoms with Gasteiger partial charge in [-0.15, -0.1) is 34.0 Å². The highest BCUT2D eigenvalue weighted by atomic mass is 32.1. The van der Waals surface area contributed by atoms with Crippen molar-refractivity contribution in [2.45, 2.75) is 0 Å². The Labute approximate surface area is 327 Å². The van der Waals surface area contributed by atoms with Crippen molar-refractivity contribution >= 4 is 94.5 Å². The van der Waals surface area contributed by atoms with E-state index in [1.807, 2.05) is 46.1 Å². The van der Waals surface area contributed by atoms with E-state index in [2.05, 4.69) is 152 Å². The predicted octanol–water partition coefficient (Wildman–Crippen LogP) is 14.7. The molecular formula is C49H27N3S3. The molecule has 0 aliphatic heterocycles. The van der Waals surface area contributed by atoms with Crippen LogP contribution in [0, 0.1) is 0 Å². The first-order chi connectivity index (χ1) is 27.2. The third-order valence-electron chi connectivity index (χ3n) is 10.7. The van der Waals surface area contributed by atoms with Gasteiger partial charge in [-0.1, -0.05) is 127 Å². The third-order valence-corrected chi connectivity index (χ3v) is 14.1. The highest BCUT2D eigenvalue weighted by Gasteiger charge is 2.22. The minimum Gasteiger partial charge on any atom is -0.208 e. The van der Waals surface area contributed by atoms with Crippen LogP contribution >= 0.6 is 34.0 Å². The summed E-state index contributed by atoms with van der Waals surface area (Å²) in [5.41, 5.74) is 7.50. The molecule has 0 bridgehead atoms. The number of thiophene rings is 2. The fraction of sp³-hybridized carbons (Fsp3) is 0. The van der Waals surface area contributed by atoms with Crippen molar-refractivity contribution in [3.05, 3.63) is 164 Å². The van der Waals surface area contributed by atoms with E-state index in [1.165, 1.54) is 66.1 Å². The normalized spacial score (nSPS) is 12.0. The van der Waals surface area contributed by atoms with Gasteiger partial charge >= 0.3 is 0 Å². The standard InChI is InChI=1S/C49H27N3S3/c1-3-10-28(11-4-1)30-18-20-31(21-19-30)47-50-48(34-16-9-15-32(24-34)29-12-5-2-6-13-29)52-49(51-47)35-26-39-42-40(27-35)55-46-36-17-8-7-14-33(36)25-41-45(46)44-38(54-41)23-22-37(53-39)43(42)44/h1-27H. The van der Waals surface area contributed by atoms with Crippen LogP contribution in [-0.2, 0) is 0 Å². The van der Waals surface area contributed by atoms with Gasteiger partial charge in [0.25, 0.3) is 0 Å². The smallest absolute Gasteiger partial charge is 0.164 e. The Morgan fingerprint density at radius 1 is 0.291 bits per heavy atom. The van der Waals surface area contributed by atoms with E-state index in [0.29, 0.717) is 17.5 Å². The average molecular weight is 754 g/mol. The largest absolute Gasteiger partial charge is 0.208 e.